The van der Waals surface area contributed by atoms with Crippen molar-refractivity contribution in [3.8, 4) is 0 Å². The SMILES string of the molecule is CCCN1C(=O)/C(=C/c2nc3ccccc3c(=O)n2Cc2ccccc2)c2cc(Br)ccc21. The van der Waals surface area contributed by atoms with E-state index in [0.717, 1.165) is 27.7 Å². The second kappa shape index (κ2) is 8.79. The normalized spacial score (nSPS) is 14.3. The molecule has 0 saturated heterocycles. The number of benzene rings is 3. The molecule has 0 bridgehead atoms. The molecule has 5 rings (SSSR count). The molecule has 3 aromatic carbocycles. The molecule has 0 unspecified atom stereocenters. The smallest absolute Gasteiger partial charge is 0.261 e. The maximum Gasteiger partial charge on any atom is 0.261 e. The molecule has 1 aromatic heterocycles. The van der Waals surface area contributed by atoms with Crippen LogP contribution in [0.5, 0.6) is 0 Å². The van der Waals surface area contributed by atoms with Crippen LogP contribution in [0.4, 0.5) is 5.69 Å². The second-order valence-electron chi connectivity index (χ2n) is 8.04. The molecule has 0 radical (unpaired) electrons. The number of aromatic nitrogens is 2. The van der Waals surface area contributed by atoms with E-state index in [2.05, 4.69) is 22.9 Å². The summed E-state index contributed by atoms with van der Waals surface area (Å²) in [6.45, 7) is 3.05. The van der Waals surface area contributed by atoms with Crippen molar-refractivity contribution >= 4 is 50.1 Å². The van der Waals surface area contributed by atoms with E-state index < -0.39 is 0 Å². The molecule has 0 fully saturated rings. The Balaban J connectivity index is 1.73. The highest BCUT2D eigenvalue weighted by molar-refractivity contribution is 9.10. The third-order valence-corrected chi connectivity index (χ3v) is 6.30. The van der Waals surface area contributed by atoms with Crippen LogP contribution < -0.4 is 10.5 Å². The first-order valence-corrected chi connectivity index (χ1v) is 11.7. The molecule has 5 nitrogen and oxygen atoms in total. The summed E-state index contributed by atoms with van der Waals surface area (Å²) in [5.41, 5.74) is 3.75. The van der Waals surface area contributed by atoms with Crippen molar-refractivity contribution in [1.82, 2.24) is 9.55 Å². The number of para-hydroxylation sites is 1. The zero-order valence-corrected chi connectivity index (χ0v) is 19.7. The van der Waals surface area contributed by atoms with Crippen LogP contribution in [0.25, 0.3) is 22.6 Å². The number of carbonyl (C=O) groups is 1. The standard InChI is InChI=1S/C27H22BrN3O2/c1-2-14-30-24-13-12-19(28)15-21(24)22(27(30)33)16-25-29-23-11-7-6-10-20(23)26(32)31(25)17-18-8-4-3-5-9-18/h3-13,15-16H,2,14,17H2,1H3/b22-16+. The Labute approximate surface area is 200 Å². The monoisotopic (exact) mass is 499 g/mol. The van der Waals surface area contributed by atoms with E-state index in [1.54, 1.807) is 21.6 Å². The summed E-state index contributed by atoms with van der Waals surface area (Å²) in [6, 6.07) is 23.0. The maximum atomic E-state index is 13.5. The van der Waals surface area contributed by atoms with Gasteiger partial charge in [0.1, 0.15) is 5.82 Å². The minimum Gasteiger partial charge on any atom is -0.308 e. The van der Waals surface area contributed by atoms with Gasteiger partial charge in [0.2, 0.25) is 0 Å². The lowest BCUT2D eigenvalue weighted by molar-refractivity contribution is -0.113. The van der Waals surface area contributed by atoms with Gasteiger partial charge in [0, 0.05) is 16.6 Å². The third kappa shape index (κ3) is 3.91. The fraction of sp³-hybridized carbons (Fsp3) is 0.148. The first kappa shape index (κ1) is 21.3. The van der Waals surface area contributed by atoms with Gasteiger partial charge >= 0.3 is 0 Å². The van der Waals surface area contributed by atoms with Gasteiger partial charge < -0.3 is 4.90 Å². The van der Waals surface area contributed by atoms with Gasteiger partial charge in [-0.25, -0.2) is 4.98 Å². The summed E-state index contributed by atoms with van der Waals surface area (Å²) in [7, 11) is 0. The summed E-state index contributed by atoms with van der Waals surface area (Å²) in [6.07, 6.45) is 2.61. The Morgan fingerprint density at radius 3 is 2.52 bits per heavy atom. The fourth-order valence-corrected chi connectivity index (χ4v) is 4.62. The molecular formula is C27H22BrN3O2. The number of anilines is 1. The number of fused-ring (bicyclic) bond motifs is 2. The molecule has 1 aliphatic heterocycles. The van der Waals surface area contributed by atoms with Crippen LogP contribution in [-0.2, 0) is 11.3 Å². The molecular weight excluding hydrogens is 478 g/mol. The van der Waals surface area contributed by atoms with Gasteiger partial charge in [-0.15, -0.1) is 0 Å². The lowest BCUT2D eigenvalue weighted by Crippen LogP contribution is -2.27. The Kier molecular flexibility index (Phi) is 5.68. The average molecular weight is 500 g/mol. The quantitative estimate of drug-likeness (QED) is 0.340. The van der Waals surface area contributed by atoms with Crippen molar-refractivity contribution in [2.75, 3.05) is 11.4 Å². The summed E-state index contributed by atoms with van der Waals surface area (Å²) in [4.78, 5) is 33.5. The molecule has 0 saturated carbocycles. The zero-order valence-electron chi connectivity index (χ0n) is 18.2. The molecule has 4 aromatic rings. The van der Waals surface area contributed by atoms with Gasteiger partial charge in [0.05, 0.1) is 28.7 Å². The first-order valence-electron chi connectivity index (χ1n) is 10.9. The molecule has 0 N–H and O–H groups in total. The summed E-state index contributed by atoms with van der Waals surface area (Å²) < 4.78 is 2.55. The first-order chi connectivity index (χ1) is 16.1. The van der Waals surface area contributed by atoms with Crippen LogP contribution in [0, 0.1) is 0 Å². The van der Waals surface area contributed by atoms with Gasteiger partial charge in [0.15, 0.2) is 0 Å². The summed E-state index contributed by atoms with van der Waals surface area (Å²) in [5.74, 6) is 0.397. The van der Waals surface area contributed by atoms with Gasteiger partial charge in [-0.05, 0) is 48.4 Å². The van der Waals surface area contributed by atoms with Crippen LogP contribution in [0.1, 0.15) is 30.3 Å². The van der Waals surface area contributed by atoms with E-state index in [9.17, 15) is 9.59 Å². The van der Waals surface area contributed by atoms with E-state index in [1.165, 1.54) is 0 Å². The minimum absolute atomic E-state index is 0.0707. The molecule has 6 heteroatoms. The summed E-state index contributed by atoms with van der Waals surface area (Å²) in [5, 5.41) is 0.559. The van der Waals surface area contributed by atoms with E-state index in [1.807, 2.05) is 66.7 Å². The van der Waals surface area contributed by atoms with Crippen molar-refractivity contribution < 1.29 is 4.79 Å². The molecule has 1 aliphatic rings. The van der Waals surface area contributed by atoms with Crippen LogP contribution in [0.2, 0.25) is 0 Å². The Morgan fingerprint density at radius 1 is 0.970 bits per heavy atom. The van der Waals surface area contributed by atoms with E-state index in [0.29, 0.717) is 35.4 Å². The topological polar surface area (TPSA) is 55.2 Å². The number of rotatable bonds is 5. The number of carbonyl (C=O) groups excluding carboxylic acids is 1. The Hall–Kier alpha value is -3.51. The highest BCUT2D eigenvalue weighted by Crippen LogP contribution is 2.39. The van der Waals surface area contributed by atoms with Gasteiger partial charge in [-0.1, -0.05) is 65.3 Å². The van der Waals surface area contributed by atoms with Gasteiger partial charge in [0.25, 0.3) is 11.5 Å². The third-order valence-electron chi connectivity index (χ3n) is 5.81. The molecule has 0 spiro atoms. The number of hydrogen-bond donors (Lipinski definition) is 0. The highest BCUT2D eigenvalue weighted by atomic mass is 79.9. The average Bonchev–Trinajstić information content (AvgIpc) is 3.07. The Morgan fingerprint density at radius 2 is 1.73 bits per heavy atom. The molecule has 0 atom stereocenters. The lowest BCUT2D eigenvalue weighted by atomic mass is 10.1. The van der Waals surface area contributed by atoms with Crippen molar-refractivity contribution in [3.05, 3.63) is 105 Å². The number of hydrogen-bond acceptors (Lipinski definition) is 3. The second-order valence-corrected chi connectivity index (χ2v) is 8.96. The predicted octanol–water partition coefficient (Wildman–Crippen LogP) is 5.50. The van der Waals surface area contributed by atoms with E-state index >= 15 is 0 Å². The minimum atomic E-state index is -0.123. The van der Waals surface area contributed by atoms with E-state index in [4.69, 9.17) is 4.98 Å². The molecule has 1 amide bonds. The number of amides is 1. The van der Waals surface area contributed by atoms with Crippen molar-refractivity contribution in [1.29, 1.82) is 0 Å². The molecule has 0 aliphatic carbocycles. The fourth-order valence-electron chi connectivity index (χ4n) is 4.26. The largest absolute Gasteiger partial charge is 0.308 e. The molecule has 33 heavy (non-hydrogen) atoms. The number of halogens is 1. The van der Waals surface area contributed by atoms with Crippen molar-refractivity contribution in [2.45, 2.75) is 19.9 Å². The Bertz CT molecular complexity index is 1460. The van der Waals surface area contributed by atoms with Crippen LogP contribution >= 0.6 is 15.9 Å². The zero-order chi connectivity index (χ0) is 22.9. The predicted molar refractivity (Wildman–Crippen MR) is 136 cm³/mol. The summed E-state index contributed by atoms with van der Waals surface area (Å²) >= 11 is 3.53. The lowest BCUT2D eigenvalue weighted by Gasteiger charge is -2.15. The van der Waals surface area contributed by atoms with Crippen LogP contribution in [0.15, 0.2) is 82.1 Å². The van der Waals surface area contributed by atoms with Crippen LogP contribution in [-0.4, -0.2) is 22.0 Å². The highest BCUT2D eigenvalue weighted by Gasteiger charge is 2.32. The van der Waals surface area contributed by atoms with E-state index in [-0.39, 0.29) is 11.5 Å². The number of nitrogens with zero attached hydrogens (tertiary/aromatic N) is 3. The molecule has 164 valence electrons. The maximum absolute atomic E-state index is 13.5. The van der Waals surface area contributed by atoms with Crippen molar-refractivity contribution in [3.63, 3.8) is 0 Å². The van der Waals surface area contributed by atoms with Gasteiger partial charge in [-0.3, -0.25) is 14.2 Å². The van der Waals surface area contributed by atoms with Crippen LogP contribution in [0.3, 0.4) is 0 Å². The van der Waals surface area contributed by atoms with Crippen molar-refractivity contribution in [2.24, 2.45) is 0 Å². The van der Waals surface area contributed by atoms with Gasteiger partial charge in [-0.2, -0.15) is 0 Å². The molecule has 2 heterocycles.